The normalized spacial score (nSPS) is 10.0. The van der Waals surface area contributed by atoms with Gasteiger partial charge in [0.15, 0.2) is 5.11 Å². The molecule has 0 saturated heterocycles. The van der Waals surface area contributed by atoms with Crippen LogP contribution in [0.15, 0.2) is 40.9 Å². The van der Waals surface area contributed by atoms with E-state index in [0.717, 1.165) is 21.5 Å². The van der Waals surface area contributed by atoms with E-state index in [9.17, 15) is 4.79 Å². The van der Waals surface area contributed by atoms with Gasteiger partial charge in [-0.1, -0.05) is 15.9 Å². The van der Waals surface area contributed by atoms with Crippen LogP contribution < -0.4 is 20.1 Å². The van der Waals surface area contributed by atoms with Crippen LogP contribution in [-0.2, 0) is 0 Å². The van der Waals surface area contributed by atoms with Crippen LogP contribution in [-0.4, -0.2) is 25.2 Å². The fourth-order valence-electron chi connectivity index (χ4n) is 2.18. The highest BCUT2D eigenvalue weighted by Crippen LogP contribution is 2.27. The molecule has 1 amide bonds. The van der Waals surface area contributed by atoms with Crippen molar-refractivity contribution >= 4 is 44.9 Å². The summed E-state index contributed by atoms with van der Waals surface area (Å²) in [7, 11) is 3.13. The molecular formula is C17H17BrN2O3S. The number of rotatable bonds is 4. The van der Waals surface area contributed by atoms with Gasteiger partial charge in [0.25, 0.3) is 5.91 Å². The summed E-state index contributed by atoms with van der Waals surface area (Å²) in [5.41, 5.74) is 2.01. The Kier molecular flexibility index (Phi) is 6.16. The van der Waals surface area contributed by atoms with E-state index in [4.69, 9.17) is 21.7 Å². The lowest BCUT2D eigenvalue weighted by molar-refractivity contribution is 0.0974. The first-order chi connectivity index (χ1) is 11.4. The van der Waals surface area contributed by atoms with Gasteiger partial charge >= 0.3 is 0 Å². The zero-order valence-corrected chi connectivity index (χ0v) is 15.9. The molecule has 0 radical (unpaired) electrons. The number of thiocarbonyl (C=S) groups is 1. The topological polar surface area (TPSA) is 59.6 Å². The molecule has 0 aliphatic heterocycles. The summed E-state index contributed by atoms with van der Waals surface area (Å²) in [5, 5.41) is 5.80. The first-order valence-electron chi connectivity index (χ1n) is 7.05. The van der Waals surface area contributed by atoms with Gasteiger partial charge in [-0.05, 0) is 61.1 Å². The number of methoxy groups -OCH3 is 2. The Morgan fingerprint density at radius 1 is 1.12 bits per heavy atom. The first kappa shape index (κ1) is 18.2. The summed E-state index contributed by atoms with van der Waals surface area (Å²) in [6.45, 7) is 1.87. The smallest absolute Gasteiger partial charge is 0.261 e. The highest BCUT2D eigenvalue weighted by molar-refractivity contribution is 9.10. The maximum absolute atomic E-state index is 12.5. The standard InChI is InChI=1S/C17H17BrN2O3S/c1-10-8-11(18)9-14(15(10)23-3)16(21)20-17(24)19-12-4-6-13(22-2)7-5-12/h4-9H,1-3H3,(H2,19,20,21,24). The van der Waals surface area contributed by atoms with Crippen LogP contribution in [0.1, 0.15) is 15.9 Å². The summed E-state index contributed by atoms with van der Waals surface area (Å²) in [6.07, 6.45) is 0. The number of hydrogen-bond donors (Lipinski definition) is 2. The number of hydrogen-bond acceptors (Lipinski definition) is 4. The minimum Gasteiger partial charge on any atom is -0.497 e. The maximum atomic E-state index is 12.5. The molecule has 0 atom stereocenters. The number of nitrogens with one attached hydrogen (secondary N) is 2. The number of benzene rings is 2. The van der Waals surface area contributed by atoms with Crippen LogP contribution in [0.2, 0.25) is 0 Å². The Hall–Kier alpha value is -2.12. The molecule has 24 heavy (non-hydrogen) atoms. The zero-order chi connectivity index (χ0) is 17.7. The van der Waals surface area contributed by atoms with Gasteiger partial charge in [-0.2, -0.15) is 0 Å². The highest BCUT2D eigenvalue weighted by atomic mass is 79.9. The molecule has 0 aliphatic carbocycles. The monoisotopic (exact) mass is 408 g/mol. The highest BCUT2D eigenvalue weighted by Gasteiger charge is 2.16. The van der Waals surface area contributed by atoms with E-state index in [1.807, 2.05) is 13.0 Å². The Balaban J connectivity index is 2.10. The molecule has 0 aliphatic rings. The molecule has 126 valence electrons. The quantitative estimate of drug-likeness (QED) is 0.751. The van der Waals surface area contributed by atoms with Gasteiger partial charge in [0.05, 0.1) is 19.8 Å². The second-order valence-corrected chi connectivity index (χ2v) is 6.26. The largest absolute Gasteiger partial charge is 0.497 e. The van der Waals surface area contributed by atoms with Crippen LogP contribution in [0.25, 0.3) is 0 Å². The predicted octanol–water partition coefficient (Wildman–Crippen LogP) is 3.90. The Morgan fingerprint density at radius 3 is 2.38 bits per heavy atom. The third-order valence-corrected chi connectivity index (χ3v) is 3.93. The van der Waals surface area contributed by atoms with Crippen molar-refractivity contribution in [2.75, 3.05) is 19.5 Å². The van der Waals surface area contributed by atoms with Crippen molar-refractivity contribution in [3.8, 4) is 11.5 Å². The third kappa shape index (κ3) is 4.46. The molecule has 2 aromatic rings. The number of halogens is 1. The third-order valence-electron chi connectivity index (χ3n) is 3.26. The van der Waals surface area contributed by atoms with E-state index < -0.39 is 0 Å². The zero-order valence-electron chi connectivity index (χ0n) is 13.5. The molecular weight excluding hydrogens is 392 g/mol. The molecule has 0 bridgehead atoms. The van der Waals surface area contributed by atoms with Crippen molar-refractivity contribution in [1.29, 1.82) is 0 Å². The molecule has 2 aromatic carbocycles. The van der Waals surface area contributed by atoms with Crippen molar-refractivity contribution in [1.82, 2.24) is 5.32 Å². The van der Waals surface area contributed by atoms with E-state index in [1.54, 1.807) is 37.4 Å². The number of amides is 1. The molecule has 0 unspecified atom stereocenters. The predicted molar refractivity (Wildman–Crippen MR) is 102 cm³/mol. The number of aryl methyl sites for hydroxylation is 1. The van der Waals surface area contributed by atoms with Crippen molar-refractivity contribution < 1.29 is 14.3 Å². The van der Waals surface area contributed by atoms with Crippen molar-refractivity contribution in [2.45, 2.75) is 6.92 Å². The van der Waals surface area contributed by atoms with Gasteiger partial charge in [-0.3, -0.25) is 10.1 Å². The van der Waals surface area contributed by atoms with Gasteiger partial charge in [-0.15, -0.1) is 0 Å². The van der Waals surface area contributed by atoms with Gasteiger partial charge < -0.3 is 14.8 Å². The Bertz CT molecular complexity index is 763. The fourth-order valence-corrected chi connectivity index (χ4v) is 2.96. The van der Waals surface area contributed by atoms with Crippen molar-refractivity contribution in [3.05, 3.63) is 52.0 Å². The van der Waals surface area contributed by atoms with E-state index in [0.29, 0.717) is 11.3 Å². The van der Waals surface area contributed by atoms with Crippen molar-refractivity contribution in [2.24, 2.45) is 0 Å². The SMILES string of the molecule is COc1ccc(NC(=S)NC(=O)c2cc(Br)cc(C)c2OC)cc1. The van der Waals surface area contributed by atoms with E-state index in [1.165, 1.54) is 7.11 Å². The van der Waals surface area contributed by atoms with Crippen LogP contribution in [0, 0.1) is 6.92 Å². The molecule has 0 aromatic heterocycles. The summed E-state index contributed by atoms with van der Waals surface area (Å²) < 4.78 is 11.2. The van der Waals surface area contributed by atoms with Gasteiger partial charge in [0.2, 0.25) is 0 Å². The van der Waals surface area contributed by atoms with E-state index in [2.05, 4.69) is 26.6 Å². The second-order valence-electron chi connectivity index (χ2n) is 4.94. The number of carbonyl (C=O) groups excluding carboxylic acids is 1. The molecule has 7 heteroatoms. The van der Waals surface area contributed by atoms with Gasteiger partial charge in [0.1, 0.15) is 11.5 Å². The summed E-state index contributed by atoms with van der Waals surface area (Å²) >= 11 is 8.57. The van der Waals surface area contributed by atoms with Crippen molar-refractivity contribution in [3.63, 3.8) is 0 Å². The van der Waals surface area contributed by atoms with Crippen LogP contribution in [0.5, 0.6) is 11.5 Å². The fraction of sp³-hybridized carbons (Fsp3) is 0.176. The summed E-state index contributed by atoms with van der Waals surface area (Å²) in [5.74, 6) is 0.912. The second kappa shape index (κ2) is 8.12. The molecule has 0 spiro atoms. The summed E-state index contributed by atoms with van der Waals surface area (Å²) in [6, 6.07) is 10.8. The minimum absolute atomic E-state index is 0.199. The number of carbonyl (C=O) groups is 1. The minimum atomic E-state index is -0.345. The Labute approximate surface area is 154 Å². The van der Waals surface area contributed by atoms with Gasteiger partial charge in [0, 0.05) is 10.2 Å². The first-order valence-corrected chi connectivity index (χ1v) is 8.25. The maximum Gasteiger partial charge on any atom is 0.261 e. The molecule has 2 N–H and O–H groups in total. The van der Waals surface area contributed by atoms with E-state index >= 15 is 0 Å². The van der Waals surface area contributed by atoms with Crippen LogP contribution >= 0.6 is 28.1 Å². The molecule has 0 saturated carbocycles. The molecule has 5 nitrogen and oxygen atoms in total. The van der Waals surface area contributed by atoms with Crippen LogP contribution in [0.4, 0.5) is 5.69 Å². The Morgan fingerprint density at radius 2 is 1.79 bits per heavy atom. The summed E-state index contributed by atoms with van der Waals surface area (Å²) in [4.78, 5) is 12.5. The molecule has 0 fully saturated rings. The lowest BCUT2D eigenvalue weighted by atomic mass is 10.1. The lowest BCUT2D eigenvalue weighted by Crippen LogP contribution is -2.34. The average Bonchev–Trinajstić information content (AvgIpc) is 2.54. The average molecular weight is 409 g/mol. The lowest BCUT2D eigenvalue weighted by Gasteiger charge is -2.14. The van der Waals surface area contributed by atoms with Gasteiger partial charge in [-0.25, -0.2) is 0 Å². The number of ether oxygens (including phenoxy) is 2. The van der Waals surface area contributed by atoms with E-state index in [-0.39, 0.29) is 11.0 Å². The molecule has 0 heterocycles. The van der Waals surface area contributed by atoms with Crippen LogP contribution in [0.3, 0.4) is 0 Å². The molecule has 2 rings (SSSR count). The number of anilines is 1.